The van der Waals surface area contributed by atoms with Gasteiger partial charge in [0, 0.05) is 21.0 Å². The van der Waals surface area contributed by atoms with Crippen LogP contribution in [0, 0.1) is 0 Å². The van der Waals surface area contributed by atoms with Crippen LogP contribution in [-0.2, 0) is 21.0 Å². The molecule has 2 N–H and O–H groups in total. The molecule has 0 atom stereocenters. The Kier molecular flexibility index (Phi) is 6.20. The number of benzene rings is 1. The lowest BCUT2D eigenvalue weighted by Gasteiger charge is -2.07. The zero-order valence-electron chi connectivity index (χ0n) is 12.1. The van der Waals surface area contributed by atoms with Gasteiger partial charge in [-0.25, -0.2) is 9.78 Å². The Hall–Kier alpha value is -1.83. The summed E-state index contributed by atoms with van der Waals surface area (Å²) < 4.78 is 4.94. The Labute approximate surface area is 146 Å². The molecule has 1 heterocycles. The van der Waals surface area contributed by atoms with E-state index in [1.54, 1.807) is 30.5 Å². The average molecular weight is 374 g/mol. The van der Waals surface area contributed by atoms with Gasteiger partial charge in [-0.15, -0.1) is 11.3 Å². The van der Waals surface area contributed by atoms with Crippen LogP contribution in [0.1, 0.15) is 18.2 Å². The summed E-state index contributed by atoms with van der Waals surface area (Å²) in [4.78, 5) is 21.2. The molecule has 0 saturated carbocycles. The van der Waals surface area contributed by atoms with Crippen molar-refractivity contribution in [1.82, 2.24) is 4.98 Å². The predicted molar refractivity (Wildman–Crippen MR) is 90.9 cm³/mol. The van der Waals surface area contributed by atoms with E-state index < -0.39 is 5.97 Å². The molecule has 9 heteroatoms. The number of thiazole rings is 1. The number of carbonyl (C=O) groups is 1. The average Bonchev–Trinajstić information content (AvgIpc) is 2.92. The van der Waals surface area contributed by atoms with Gasteiger partial charge in [0.2, 0.25) is 5.71 Å². The van der Waals surface area contributed by atoms with Gasteiger partial charge in [0.1, 0.15) is 12.3 Å². The van der Waals surface area contributed by atoms with Crippen molar-refractivity contribution in [2.75, 3.05) is 12.3 Å². The van der Waals surface area contributed by atoms with Crippen molar-refractivity contribution >= 4 is 51.4 Å². The number of nitrogens with zero attached hydrogens (tertiary/aromatic N) is 2. The van der Waals surface area contributed by atoms with Gasteiger partial charge in [-0.3, -0.25) is 0 Å². The topological polar surface area (TPSA) is 86.8 Å². The quantitative estimate of drug-likeness (QED) is 0.475. The minimum atomic E-state index is -0.650. The molecular formula is C14H13Cl2N3O3S. The smallest absolute Gasteiger partial charge is 0.362 e. The third kappa shape index (κ3) is 4.57. The number of rotatable bonds is 6. The minimum Gasteiger partial charge on any atom is -0.461 e. The highest BCUT2D eigenvalue weighted by molar-refractivity contribution is 7.13. The Morgan fingerprint density at radius 2 is 2.09 bits per heavy atom. The monoisotopic (exact) mass is 373 g/mol. The summed E-state index contributed by atoms with van der Waals surface area (Å²) in [6, 6.07) is 5.09. The summed E-state index contributed by atoms with van der Waals surface area (Å²) in [7, 11) is 0. The molecule has 0 aliphatic carbocycles. The van der Waals surface area contributed by atoms with Crippen LogP contribution in [0.2, 0.25) is 10.0 Å². The van der Waals surface area contributed by atoms with Crippen molar-refractivity contribution in [2.24, 2.45) is 5.16 Å². The highest BCUT2D eigenvalue weighted by atomic mass is 35.5. The number of ether oxygens (including phenoxy) is 1. The molecule has 0 amide bonds. The van der Waals surface area contributed by atoms with Crippen molar-refractivity contribution in [3.8, 4) is 0 Å². The minimum absolute atomic E-state index is 0.00102. The number of halogens is 2. The lowest BCUT2D eigenvalue weighted by molar-refractivity contribution is -0.135. The molecule has 0 unspecified atom stereocenters. The van der Waals surface area contributed by atoms with E-state index in [0.717, 1.165) is 0 Å². The molecule has 1 aromatic heterocycles. The van der Waals surface area contributed by atoms with E-state index in [1.807, 2.05) is 0 Å². The Morgan fingerprint density at radius 1 is 1.39 bits per heavy atom. The van der Waals surface area contributed by atoms with Crippen LogP contribution < -0.4 is 5.73 Å². The first-order chi connectivity index (χ1) is 11.0. The number of hydrogen-bond acceptors (Lipinski definition) is 7. The van der Waals surface area contributed by atoms with Crippen LogP contribution in [0.4, 0.5) is 5.13 Å². The summed E-state index contributed by atoms with van der Waals surface area (Å²) in [5.74, 6) is -0.650. The number of hydrogen-bond donors (Lipinski definition) is 1. The van der Waals surface area contributed by atoms with Crippen molar-refractivity contribution in [3.63, 3.8) is 0 Å². The van der Waals surface area contributed by atoms with Gasteiger partial charge < -0.3 is 15.3 Å². The number of oxime groups is 1. The van der Waals surface area contributed by atoms with Gasteiger partial charge in [0.25, 0.3) is 0 Å². The second kappa shape index (κ2) is 8.14. The number of aromatic nitrogens is 1. The summed E-state index contributed by atoms with van der Waals surface area (Å²) in [5, 5.41) is 6.62. The molecule has 0 radical (unpaired) electrons. The molecule has 0 spiro atoms. The van der Waals surface area contributed by atoms with Gasteiger partial charge in [-0.1, -0.05) is 34.4 Å². The van der Waals surface area contributed by atoms with E-state index in [4.69, 9.17) is 38.5 Å². The number of nitrogens with two attached hydrogens (primary N) is 1. The van der Waals surface area contributed by atoms with Gasteiger partial charge in [0.15, 0.2) is 5.13 Å². The van der Waals surface area contributed by atoms with Gasteiger partial charge in [0.05, 0.1) is 6.61 Å². The fourth-order valence-electron chi connectivity index (χ4n) is 1.62. The molecule has 122 valence electrons. The summed E-state index contributed by atoms with van der Waals surface area (Å²) in [5.41, 5.74) is 6.37. The second-order valence-electron chi connectivity index (χ2n) is 4.20. The summed E-state index contributed by atoms with van der Waals surface area (Å²) in [6.07, 6.45) is 0. The SMILES string of the molecule is CCOC(=O)C(=NOCc1c(Cl)cccc1Cl)c1csc(N)n1. The third-order valence-corrected chi connectivity index (χ3v) is 4.04. The van der Waals surface area contributed by atoms with Crippen LogP contribution in [0.3, 0.4) is 0 Å². The van der Waals surface area contributed by atoms with Gasteiger partial charge in [-0.05, 0) is 19.1 Å². The van der Waals surface area contributed by atoms with E-state index in [9.17, 15) is 4.79 Å². The first-order valence-electron chi connectivity index (χ1n) is 6.54. The largest absolute Gasteiger partial charge is 0.461 e. The Bertz CT molecular complexity index is 714. The molecule has 0 aliphatic rings. The fourth-order valence-corrected chi connectivity index (χ4v) is 2.67. The second-order valence-corrected chi connectivity index (χ2v) is 5.91. The molecule has 23 heavy (non-hydrogen) atoms. The number of anilines is 1. The lowest BCUT2D eigenvalue weighted by Crippen LogP contribution is -2.19. The molecule has 0 saturated heterocycles. The molecule has 6 nitrogen and oxygen atoms in total. The van der Waals surface area contributed by atoms with E-state index in [1.165, 1.54) is 11.3 Å². The van der Waals surface area contributed by atoms with Crippen molar-refractivity contribution < 1.29 is 14.4 Å². The van der Waals surface area contributed by atoms with Crippen LogP contribution in [0.15, 0.2) is 28.7 Å². The normalized spacial score (nSPS) is 11.3. The zero-order chi connectivity index (χ0) is 16.8. The van der Waals surface area contributed by atoms with Crippen LogP contribution in [-0.4, -0.2) is 23.3 Å². The standard InChI is InChI=1S/C14H13Cl2N3O3S/c1-2-21-13(20)12(11-7-23-14(17)18-11)19-22-6-8-9(15)4-3-5-10(8)16/h3-5,7H,2,6H2,1H3,(H2,17,18). The Balaban J connectivity index is 2.19. The molecular weight excluding hydrogens is 361 g/mol. The number of carbonyl (C=O) groups excluding carboxylic acids is 1. The number of esters is 1. The van der Waals surface area contributed by atoms with E-state index in [0.29, 0.717) is 20.7 Å². The third-order valence-electron chi connectivity index (χ3n) is 2.66. The van der Waals surface area contributed by atoms with Gasteiger partial charge >= 0.3 is 5.97 Å². The lowest BCUT2D eigenvalue weighted by atomic mass is 10.2. The molecule has 0 aliphatic heterocycles. The zero-order valence-corrected chi connectivity index (χ0v) is 14.4. The maximum Gasteiger partial charge on any atom is 0.362 e. The fraction of sp³-hybridized carbons (Fsp3) is 0.214. The van der Waals surface area contributed by atoms with E-state index in [2.05, 4.69) is 10.1 Å². The first-order valence-corrected chi connectivity index (χ1v) is 8.17. The molecule has 2 aromatic rings. The predicted octanol–water partition coefficient (Wildman–Crippen LogP) is 3.52. The van der Waals surface area contributed by atoms with Crippen LogP contribution >= 0.6 is 34.5 Å². The molecule has 0 bridgehead atoms. The first kappa shape index (κ1) is 17.5. The van der Waals surface area contributed by atoms with Crippen molar-refractivity contribution in [1.29, 1.82) is 0 Å². The maximum atomic E-state index is 12.0. The highest BCUT2D eigenvalue weighted by Gasteiger charge is 2.19. The molecule has 0 fully saturated rings. The van der Waals surface area contributed by atoms with E-state index in [-0.39, 0.29) is 24.6 Å². The van der Waals surface area contributed by atoms with Crippen molar-refractivity contribution in [3.05, 3.63) is 44.9 Å². The summed E-state index contributed by atoms with van der Waals surface area (Å²) >= 11 is 13.3. The molecule has 2 rings (SSSR count). The van der Waals surface area contributed by atoms with Crippen LogP contribution in [0.5, 0.6) is 0 Å². The van der Waals surface area contributed by atoms with E-state index >= 15 is 0 Å². The van der Waals surface area contributed by atoms with Crippen molar-refractivity contribution in [2.45, 2.75) is 13.5 Å². The summed E-state index contributed by atoms with van der Waals surface area (Å²) in [6.45, 7) is 1.89. The maximum absolute atomic E-state index is 12.0. The van der Waals surface area contributed by atoms with Gasteiger partial charge in [-0.2, -0.15) is 0 Å². The Morgan fingerprint density at radius 3 is 2.65 bits per heavy atom. The highest BCUT2D eigenvalue weighted by Crippen LogP contribution is 2.25. The number of nitrogen functional groups attached to an aromatic ring is 1. The van der Waals surface area contributed by atoms with Crippen LogP contribution in [0.25, 0.3) is 0 Å². The molecule has 1 aromatic carbocycles.